The summed E-state index contributed by atoms with van der Waals surface area (Å²) in [4.78, 5) is 0. The first-order chi connectivity index (χ1) is 6.24. The van der Waals surface area contributed by atoms with E-state index in [9.17, 15) is 4.39 Å². The molecular weight excluding hydrogens is 163 g/mol. The van der Waals surface area contributed by atoms with Crippen LogP contribution in [0, 0.1) is 11.8 Å². The van der Waals surface area contributed by atoms with Crippen LogP contribution in [0.5, 0.6) is 0 Å². The Morgan fingerprint density at radius 2 is 1.85 bits per heavy atom. The molecule has 1 rings (SSSR count). The highest BCUT2D eigenvalue weighted by Crippen LogP contribution is 2.33. The lowest BCUT2D eigenvalue weighted by Gasteiger charge is -2.28. The second-order valence-electron chi connectivity index (χ2n) is 4.68. The Balaban J connectivity index is 2.19. The van der Waals surface area contributed by atoms with Crippen LogP contribution in [0.4, 0.5) is 4.39 Å². The van der Waals surface area contributed by atoms with Gasteiger partial charge in [-0.2, -0.15) is 0 Å². The normalized spacial score (nSPS) is 31.6. The predicted molar refractivity (Wildman–Crippen MR) is 55.5 cm³/mol. The molecule has 13 heavy (non-hydrogen) atoms. The lowest BCUT2D eigenvalue weighted by atomic mass is 9.80. The average molecular weight is 186 g/mol. The second-order valence-corrected chi connectivity index (χ2v) is 4.68. The molecule has 0 bridgehead atoms. The molecule has 0 aromatic heterocycles. The fraction of sp³-hybridized carbons (Fsp3) is 1.00. The van der Waals surface area contributed by atoms with E-state index in [1.54, 1.807) is 0 Å². The van der Waals surface area contributed by atoms with Gasteiger partial charge in [-0.25, -0.2) is 4.39 Å². The number of unbranched alkanes of at least 4 members (excludes halogenated alkanes) is 1. The summed E-state index contributed by atoms with van der Waals surface area (Å²) in [7, 11) is 0. The topological polar surface area (TPSA) is 0 Å². The van der Waals surface area contributed by atoms with Gasteiger partial charge >= 0.3 is 0 Å². The molecule has 1 aliphatic rings. The van der Waals surface area contributed by atoms with E-state index in [4.69, 9.17) is 0 Å². The van der Waals surface area contributed by atoms with Crippen molar-refractivity contribution in [2.45, 2.75) is 65.0 Å². The Hall–Kier alpha value is -0.0700. The van der Waals surface area contributed by atoms with Crippen molar-refractivity contribution in [1.29, 1.82) is 0 Å². The molecule has 1 unspecified atom stereocenters. The van der Waals surface area contributed by atoms with Gasteiger partial charge in [-0.1, -0.05) is 39.5 Å². The lowest BCUT2D eigenvalue weighted by Crippen LogP contribution is -2.21. The Labute approximate surface area is 81.9 Å². The van der Waals surface area contributed by atoms with E-state index in [0.29, 0.717) is 5.92 Å². The van der Waals surface area contributed by atoms with Crippen LogP contribution >= 0.6 is 0 Å². The third-order valence-corrected chi connectivity index (χ3v) is 3.41. The van der Waals surface area contributed by atoms with Crippen molar-refractivity contribution < 1.29 is 4.39 Å². The molecule has 1 atom stereocenters. The van der Waals surface area contributed by atoms with Gasteiger partial charge in [0, 0.05) is 0 Å². The van der Waals surface area contributed by atoms with Crippen LogP contribution in [0.15, 0.2) is 0 Å². The van der Waals surface area contributed by atoms with Gasteiger partial charge in [-0.05, 0) is 31.1 Å². The molecule has 1 saturated carbocycles. The van der Waals surface area contributed by atoms with Crippen LogP contribution < -0.4 is 0 Å². The van der Waals surface area contributed by atoms with Crippen molar-refractivity contribution in [2.75, 3.05) is 0 Å². The molecule has 78 valence electrons. The van der Waals surface area contributed by atoms with Gasteiger partial charge in [0.25, 0.3) is 0 Å². The Kier molecular flexibility index (Phi) is 4.76. The summed E-state index contributed by atoms with van der Waals surface area (Å²) < 4.78 is 13.6. The predicted octanol–water partition coefficient (Wildman–Crippen LogP) is 4.34. The minimum Gasteiger partial charge on any atom is -0.247 e. The largest absolute Gasteiger partial charge is 0.247 e. The van der Waals surface area contributed by atoms with Crippen LogP contribution in [0.25, 0.3) is 0 Å². The average Bonchev–Trinajstić information content (AvgIpc) is 2.15. The van der Waals surface area contributed by atoms with Crippen molar-refractivity contribution in [3.63, 3.8) is 0 Å². The maximum atomic E-state index is 13.6. The van der Waals surface area contributed by atoms with Gasteiger partial charge in [-0.3, -0.25) is 0 Å². The fourth-order valence-corrected chi connectivity index (χ4v) is 2.28. The van der Waals surface area contributed by atoms with Gasteiger partial charge in [0.2, 0.25) is 0 Å². The van der Waals surface area contributed by atoms with Crippen LogP contribution in [0.1, 0.15) is 58.8 Å². The highest BCUT2D eigenvalue weighted by atomic mass is 19.1. The van der Waals surface area contributed by atoms with E-state index in [1.165, 1.54) is 12.8 Å². The highest BCUT2D eigenvalue weighted by Gasteiger charge is 2.25. The maximum Gasteiger partial charge on any atom is 0.103 e. The molecule has 0 aromatic carbocycles. The molecule has 0 radical (unpaired) electrons. The fourth-order valence-electron chi connectivity index (χ4n) is 2.28. The number of hydrogen-bond donors (Lipinski definition) is 0. The number of halogens is 1. The number of rotatable bonds is 4. The smallest absolute Gasteiger partial charge is 0.103 e. The summed E-state index contributed by atoms with van der Waals surface area (Å²) in [6.07, 6.45) is 7.24. The molecule has 0 amide bonds. The molecule has 0 heterocycles. The van der Waals surface area contributed by atoms with Crippen LogP contribution in [0.3, 0.4) is 0 Å². The lowest BCUT2D eigenvalue weighted by molar-refractivity contribution is 0.150. The SMILES string of the molecule is CCCCC(F)C1CCC(C)CC1. The molecule has 0 nitrogen and oxygen atoms in total. The molecule has 0 N–H and O–H groups in total. The minimum atomic E-state index is -0.507. The number of hydrogen-bond acceptors (Lipinski definition) is 0. The van der Waals surface area contributed by atoms with Crippen LogP contribution in [-0.2, 0) is 0 Å². The van der Waals surface area contributed by atoms with Gasteiger partial charge in [0.05, 0.1) is 0 Å². The first kappa shape index (κ1) is 11.0. The summed E-state index contributed by atoms with van der Waals surface area (Å²) in [5.41, 5.74) is 0. The minimum absolute atomic E-state index is 0.391. The molecule has 1 fully saturated rings. The Bertz CT molecular complexity index is 125. The van der Waals surface area contributed by atoms with Crippen molar-refractivity contribution in [2.24, 2.45) is 11.8 Å². The highest BCUT2D eigenvalue weighted by molar-refractivity contribution is 4.75. The zero-order valence-corrected chi connectivity index (χ0v) is 9.06. The third-order valence-electron chi connectivity index (χ3n) is 3.41. The third kappa shape index (κ3) is 3.66. The summed E-state index contributed by atoms with van der Waals surface area (Å²) in [6.45, 7) is 4.42. The van der Waals surface area contributed by atoms with Gasteiger partial charge in [-0.15, -0.1) is 0 Å². The molecule has 0 spiro atoms. The maximum absolute atomic E-state index is 13.6. The van der Waals surface area contributed by atoms with Crippen molar-refractivity contribution in [3.8, 4) is 0 Å². The zero-order valence-electron chi connectivity index (χ0n) is 9.06. The second kappa shape index (κ2) is 5.62. The van der Waals surface area contributed by atoms with E-state index in [0.717, 1.165) is 38.0 Å². The summed E-state index contributed by atoms with van der Waals surface area (Å²) in [6, 6.07) is 0. The van der Waals surface area contributed by atoms with Gasteiger partial charge in [0.15, 0.2) is 0 Å². The Morgan fingerprint density at radius 3 is 2.38 bits per heavy atom. The van der Waals surface area contributed by atoms with Crippen molar-refractivity contribution in [3.05, 3.63) is 0 Å². The Morgan fingerprint density at radius 1 is 1.23 bits per heavy atom. The van der Waals surface area contributed by atoms with Crippen LogP contribution in [0.2, 0.25) is 0 Å². The van der Waals surface area contributed by atoms with Gasteiger partial charge in [0.1, 0.15) is 6.17 Å². The number of alkyl halides is 1. The van der Waals surface area contributed by atoms with Crippen molar-refractivity contribution >= 4 is 0 Å². The quantitative estimate of drug-likeness (QED) is 0.612. The summed E-state index contributed by atoms with van der Waals surface area (Å²) >= 11 is 0. The first-order valence-electron chi connectivity index (χ1n) is 5.88. The van der Waals surface area contributed by atoms with E-state index in [-0.39, 0.29) is 0 Å². The molecule has 1 heteroatoms. The molecule has 0 aromatic rings. The molecule has 0 saturated heterocycles. The van der Waals surface area contributed by atoms with E-state index in [2.05, 4.69) is 13.8 Å². The van der Waals surface area contributed by atoms with E-state index in [1.807, 2.05) is 0 Å². The monoisotopic (exact) mass is 186 g/mol. The zero-order chi connectivity index (χ0) is 9.68. The van der Waals surface area contributed by atoms with Gasteiger partial charge < -0.3 is 0 Å². The standard InChI is InChI=1S/C12H23F/c1-3-4-5-12(13)11-8-6-10(2)7-9-11/h10-12H,3-9H2,1-2H3. The molecule has 1 aliphatic carbocycles. The van der Waals surface area contributed by atoms with E-state index < -0.39 is 6.17 Å². The summed E-state index contributed by atoms with van der Waals surface area (Å²) in [5.74, 6) is 1.23. The van der Waals surface area contributed by atoms with Crippen LogP contribution in [-0.4, -0.2) is 6.17 Å². The van der Waals surface area contributed by atoms with Crippen molar-refractivity contribution in [1.82, 2.24) is 0 Å². The van der Waals surface area contributed by atoms with E-state index >= 15 is 0 Å². The molecule has 0 aliphatic heterocycles. The molecular formula is C12H23F. The summed E-state index contributed by atoms with van der Waals surface area (Å²) in [5, 5.41) is 0. The first-order valence-corrected chi connectivity index (χ1v) is 5.88.